The van der Waals surface area contributed by atoms with E-state index >= 15 is 0 Å². The molecule has 1 nitrogen and oxygen atoms in total. The van der Waals surface area contributed by atoms with E-state index in [0.29, 0.717) is 10.4 Å². The lowest BCUT2D eigenvalue weighted by molar-refractivity contribution is 0.0853. The second kappa shape index (κ2) is 3.77. The van der Waals surface area contributed by atoms with Gasteiger partial charge in [0.05, 0.1) is 5.60 Å². The molecule has 1 aromatic carbocycles. The molecule has 66 valence electrons. The van der Waals surface area contributed by atoms with Crippen molar-refractivity contribution in [1.29, 1.82) is 0 Å². The zero-order chi connectivity index (χ0) is 9.19. The van der Waals surface area contributed by atoms with Gasteiger partial charge in [-0.05, 0) is 24.6 Å². The van der Waals surface area contributed by atoms with Crippen molar-refractivity contribution in [2.75, 3.05) is 5.33 Å². The fourth-order valence-electron chi connectivity index (χ4n) is 0.886. The molecular formula is C9H10BrClO. The normalized spacial score (nSPS) is 15.7. The molecule has 1 rings (SSSR count). The summed E-state index contributed by atoms with van der Waals surface area (Å²) < 4.78 is 0. The second-order valence-electron chi connectivity index (χ2n) is 2.91. The van der Waals surface area contributed by atoms with Crippen LogP contribution in [0.15, 0.2) is 24.3 Å². The highest BCUT2D eigenvalue weighted by Crippen LogP contribution is 2.23. The van der Waals surface area contributed by atoms with Crippen LogP contribution >= 0.6 is 27.5 Å². The first-order chi connectivity index (χ1) is 5.56. The lowest BCUT2D eigenvalue weighted by Gasteiger charge is -2.20. The molecule has 0 amide bonds. The zero-order valence-corrected chi connectivity index (χ0v) is 9.06. The second-order valence-corrected chi connectivity index (χ2v) is 3.91. The van der Waals surface area contributed by atoms with Crippen molar-refractivity contribution >= 4 is 27.5 Å². The summed E-state index contributed by atoms with van der Waals surface area (Å²) in [6.07, 6.45) is 0. The van der Waals surface area contributed by atoms with E-state index in [1.165, 1.54) is 0 Å². The number of alkyl halides is 1. The first kappa shape index (κ1) is 10.0. The van der Waals surface area contributed by atoms with Crippen molar-refractivity contribution in [2.45, 2.75) is 12.5 Å². The van der Waals surface area contributed by atoms with Gasteiger partial charge in [-0.2, -0.15) is 0 Å². The zero-order valence-electron chi connectivity index (χ0n) is 6.72. The summed E-state index contributed by atoms with van der Waals surface area (Å²) in [6, 6.07) is 7.19. The van der Waals surface area contributed by atoms with Gasteiger partial charge in [0, 0.05) is 10.4 Å². The van der Waals surface area contributed by atoms with Crippen LogP contribution in [0.1, 0.15) is 12.5 Å². The lowest BCUT2D eigenvalue weighted by atomic mass is 9.99. The Morgan fingerprint density at radius 1 is 1.42 bits per heavy atom. The molecule has 1 N–H and O–H groups in total. The molecule has 0 heterocycles. The molecule has 0 fully saturated rings. The van der Waals surface area contributed by atoms with Crippen LogP contribution in [0.5, 0.6) is 0 Å². The summed E-state index contributed by atoms with van der Waals surface area (Å²) in [5.74, 6) is 0. The van der Waals surface area contributed by atoms with Crippen LogP contribution < -0.4 is 0 Å². The molecule has 12 heavy (non-hydrogen) atoms. The Labute approximate surface area is 85.5 Å². The highest BCUT2D eigenvalue weighted by atomic mass is 79.9. The van der Waals surface area contributed by atoms with Crippen LogP contribution in [0.2, 0.25) is 5.02 Å². The molecule has 0 saturated carbocycles. The quantitative estimate of drug-likeness (QED) is 0.799. The summed E-state index contributed by atoms with van der Waals surface area (Å²) in [5, 5.41) is 11.0. The third kappa shape index (κ3) is 2.22. The van der Waals surface area contributed by atoms with Crippen molar-refractivity contribution in [2.24, 2.45) is 0 Å². The number of hydrogen-bond donors (Lipinski definition) is 1. The van der Waals surface area contributed by atoms with Crippen LogP contribution in [0.3, 0.4) is 0 Å². The predicted molar refractivity (Wildman–Crippen MR) is 54.8 cm³/mol. The van der Waals surface area contributed by atoms with Crippen LogP contribution in [0, 0.1) is 0 Å². The maximum atomic E-state index is 9.80. The highest BCUT2D eigenvalue weighted by Gasteiger charge is 2.20. The minimum absolute atomic E-state index is 0.516. The van der Waals surface area contributed by atoms with Crippen molar-refractivity contribution in [3.05, 3.63) is 34.9 Å². The Balaban J connectivity index is 2.96. The monoisotopic (exact) mass is 248 g/mol. The largest absolute Gasteiger partial charge is 0.385 e. The van der Waals surface area contributed by atoms with Gasteiger partial charge in [-0.1, -0.05) is 39.7 Å². The first-order valence-corrected chi connectivity index (χ1v) is 5.10. The summed E-state index contributed by atoms with van der Waals surface area (Å²) in [6.45, 7) is 1.75. The van der Waals surface area contributed by atoms with E-state index in [1.807, 2.05) is 12.1 Å². The maximum Gasteiger partial charge on any atom is 0.0964 e. The summed E-state index contributed by atoms with van der Waals surface area (Å²) >= 11 is 8.95. The molecule has 0 unspecified atom stereocenters. The Hall–Kier alpha value is -0.0500. The third-order valence-electron chi connectivity index (χ3n) is 1.73. The van der Waals surface area contributed by atoms with E-state index < -0.39 is 5.60 Å². The van der Waals surface area contributed by atoms with Crippen molar-refractivity contribution in [3.63, 3.8) is 0 Å². The van der Waals surface area contributed by atoms with E-state index in [9.17, 15) is 5.11 Å². The molecule has 1 aromatic rings. The van der Waals surface area contributed by atoms with E-state index in [0.717, 1.165) is 5.56 Å². The average Bonchev–Trinajstić information content (AvgIpc) is 2.05. The van der Waals surface area contributed by atoms with E-state index in [2.05, 4.69) is 15.9 Å². The fraction of sp³-hybridized carbons (Fsp3) is 0.333. The summed E-state index contributed by atoms with van der Waals surface area (Å²) in [4.78, 5) is 0. The van der Waals surface area contributed by atoms with Gasteiger partial charge in [0.1, 0.15) is 0 Å². The number of hydrogen-bond acceptors (Lipinski definition) is 1. The molecule has 0 saturated heterocycles. The van der Waals surface area contributed by atoms with Gasteiger partial charge in [-0.15, -0.1) is 0 Å². The smallest absolute Gasteiger partial charge is 0.0964 e. The molecule has 0 aliphatic heterocycles. The van der Waals surface area contributed by atoms with E-state index in [-0.39, 0.29) is 0 Å². The summed E-state index contributed by atoms with van der Waals surface area (Å²) in [5.41, 5.74) is 0.0497. The number of rotatable bonds is 2. The van der Waals surface area contributed by atoms with Crippen LogP contribution in [0.4, 0.5) is 0 Å². The fourth-order valence-corrected chi connectivity index (χ4v) is 1.34. The van der Waals surface area contributed by atoms with Gasteiger partial charge in [0.15, 0.2) is 0 Å². The molecule has 0 aromatic heterocycles. The molecule has 1 atom stereocenters. The molecule has 0 aliphatic rings. The van der Waals surface area contributed by atoms with Gasteiger partial charge in [-0.25, -0.2) is 0 Å². The molecule has 0 aliphatic carbocycles. The SMILES string of the molecule is C[C@@](O)(CBr)c1ccc(Cl)cc1. The molecule has 0 radical (unpaired) electrons. The molecule has 3 heteroatoms. The summed E-state index contributed by atoms with van der Waals surface area (Å²) in [7, 11) is 0. The van der Waals surface area contributed by atoms with E-state index in [1.54, 1.807) is 19.1 Å². The minimum atomic E-state index is -0.815. The van der Waals surface area contributed by atoms with Gasteiger partial charge < -0.3 is 5.11 Å². The van der Waals surface area contributed by atoms with Gasteiger partial charge in [0.2, 0.25) is 0 Å². The predicted octanol–water partition coefficient (Wildman–Crippen LogP) is 2.94. The van der Waals surface area contributed by atoms with Gasteiger partial charge >= 0.3 is 0 Å². The standard InChI is InChI=1S/C9H10BrClO/c1-9(12,6-10)7-2-4-8(11)5-3-7/h2-5,12H,6H2,1H3/t9-/m1/s1. The molecular weight excluding hydrogens is 239 g/mol. The topological polar surface area (TPSA) is 20.2 Å². The maximum absolute atomic E-state index is 9.80. The number of aliphatic hydroxyl groups is 1. The highest BCUT2D eigenvalue weighted by molar-refractivity contribution is 9.09. The Kier molecular flexibility index (Phi) is 3.16. The van der Waals surface area contributed by atoms with E-state index in [4.69, 9.17) is 11.6 Å². The van der Waals surface area contributed by atoms with Gasteiger partial charge in [0.25, 0.3) is 0 Å². The Bertz CT molecular complexity index is 256. The molecule has 0 bridgehead atoms. The van der Waals surface area contributed by atoms with Gasteiger partial charge in [-0.3, -0.25) is 0 Å². The van der Waals surface area contributed by atoms with Crippen LogP contribution in [0.25, 0.3) is 0 Å². The number of benzene rings is 1. The molecule has 0 spiro atoms. The van der Waals surface area contributed by atoms with Crippen LogP contribution in [-0.2, 0) is 5.60 Å². The third-order valence-corrected chi connectivity index (χ3v) is 3.07. The first-order valence-electron chi connectivity index (χ1n) is 3.60. The minimum Gasteiger partial charge on any atom is -0.385 e. The Morgan fingerprint density at radius 2 is 1.92 bits per heavy atom. The van der Waals surface area contributed by atoms with Crippen molar-refractivity contribution in [1.82, 2.24) is 0 Å². The lowest BCUT2D eigenvalue weighted by Crippen LogP contribution is -2.22. The van der Waals surface area contributed by atoms with Crippen molar-refractivity contribution < 1.29 is 5.11 Å². The Morgan fingerprint density at radius 3 is 2.33 bits per heavy atom. The average molecular weight is 250 g/mol. The number of halogens is 2. The van der Waals surface area contributed by atoms with Crippen molar-refractivity contribution in [3.8, 4) is 0 Å². The van der Waals surface area contributed by atoms with Crippen LogP contribution in [-0.4, -0.2) is 10.4 Å².